The molecule has 0 spiro atoms. The highest BCUT2D eigenvalue weighted by Gasteiger charge is 2.17. The van der Waals surface area contributed by atoms with Gasteiger partial charge in [-0.1, -0.05) is 12.8 Å². The number of aromatic amines is 2. The maximum atomic E-state index is 14.6. The number of halogens is 1. The van der Waals surface area contributed by atoms with E-state index in [1.54, 1.807) is 24.7 Å². The van der Waals surface area contributed by atoms with Gasteiger partial charge in [-0.05, 0) is 78.4 Å². The number of nitrogens with one attached hydrogen (secondary N) is 4. The number of rotatable bonds is 10. The molecular weight excluding hydrogens is 591 g/mol. The van der Waals surface area contributed by atoms with Crippen molar-refractivity contribution in [1.29, 1.82) is 0 Å². The summed E-state index contributed by atoms with van der Waals surface area (Å²) in [6.45, 7) is 1.79. The highest BCUT2D eigenvalue weighted by atomic mass is 32.2. The van der Waals surface area contributed by atoms with Gasteiger partial charge in [-0.15, -0.1) is 0 Å². The third-order valence-electron chi connectivity index (χ3n) is 8.38. The van der Waals surface area contributed by atoms with Crippen molar-refractivity contribution in [3.63, 3.8) is 0 Å². The molecule has 5 heterocycles. The topological polar surface area (TPSA) is 141 Å². The Bertz CT molecular complexity index is 2120. The van der Waals surface area contributed by atoms with Crippen molar-refractivity contribution in [1.82, 2.24) is 40.2 Å². The number of sulfonamides is 1. The summed E-state index contributed by atoms with van der Waals surface area (Å²) >= 11 is 0. The van der Waals surface area contributed by atoms with Crippen LogP contribution in [-0.4, -0.2) is 51.4 Å². The van der Waals surface area contributed by atoms with Gasteiger partial charge < -0.3 is 10.3 Å². The van der Waals surface area contributed by atoms with E-state index in [9.17, 15) is 12.8 Å². The number of hydrogen-bond acceptors (Lipinski definition) is 7. The van der Waals surface area contributed by atoms with Gasteiger partial charge >= 0.3 is 0 Å². The summed E-state index contributed by atoms with van der Waals surface area (Å²) in [4.78, 5) is 17.0. The molecule has 4 N–H and O–H groups in total. The lowest BCUT2D eigenvalue weighted by Crippen LogP contribution is -2.21. The van der Waals surface area contributed by atoms with Gasteiger partial charge in [0.05, 0.1) is 41.1 Å². The Morgan fingerprint density at radius 1 is 0.867 bits per heavy atom. The van der Waals surface area contributed by atoms with Gasteiger partial charge in [-0.25, -0.2) is 17.5 Å². The molecule has 1 fully saturated rings. The number of benzene rings is 1. The van der Waals surface area contributed by atoms with Gasteiger partial charge in [0.15, 0.2) is 0 Å². The van der Waals surface area contributed by atoms with Crippen LogP contribution >= 0.6 is 0 Å². The highest BCUT2D eigenvalue weighted by Crippen LogP contribution is 2.35. The quantitative estimate of drug-likeness (QED) is 0.153. The first-order chi connectivity index (χ1) is 21.8. The Labute approximate surface area is 260 Å². The Hall–Kier alpha value is -4.52. The van der Waals surface area contributed by atoms with E-state index >= 15 is 0 Å². The van der Waals surface area contributed by atoms with E-state index in [0.29, 0.717) is 16.7 Å². The van der Waals surface area contributed by atoms with Gasteiger partial charge in [-0.3, -0.25) is 20.1 Å². The largest absolute Gasteiger partial charge is 0.352 e. The summed E-state index contributed by atoms with van der Waals surface area (Å²) in [5.41, 5.74) is 7.68. The van der Waals surface area contributed by atoms with E-state index < -0.39 is 15.8 Å². The summed E-state index contributed by atoms with van der Waals surface area (Å²) in [5, 5.41) is 13.0. The second kappa shape index (κ2) is 12.1. The Balaban J connectivity index is 1.19. The van der Waals surface area contributed by atoms with Crippen molar-refractivity contribution in [3.05, 3.63) is 84.3 Å². The summed E-state index contributed by atoms with van der Waals surface area (Å²) in [5.74, 6) is 0.309. The number of aromatic nitrogens is 6. The SMILES string of the molecule is CS(=O)(=O)NCc1cc(F)cc(-c2cncc3[nH]c(-c4n[nH]c5cnc(-c6cncc(CNCC7CCCC7)c6)cc45)cc23)c1. The fraction of sp³-hybridized carbons (Fsp3) is 0.273. The standard InChI is InChI=1S/C33H33FN8O2S/c1-45(43,44)39-15-21-6-23(9-25(34)8-21)28-17-37-18-31-26(28)10-30(40-31)33-27-11-29(38-19-32(27)41-42-33)24-7-22(14-36-16-24)13-35-12-20-4-2-3-5-20/h6-11,14,16-20,35,39-40H,2-5,12-13,15H2,1H3,(H,41,42). The lowest BCUT2D eigenvalue weighted by atomic mass is 10.0. The van der Waals surface area contributed by atoms with Crippen molar-refractivity contribution in [2.75, 3.05) is 12.8 Å². The molecule has 0 saturated heterocycles. The molecular formula is C33H33FN8O2S. The maximum absolute atomic E-state index is 14.6. The van der Waals surface area contributed by atoms with Gasteiger partial charge in [0, 0.05) is 53.6 Å². The molecule has 1 saturated carbocycles. The minimum absolute atomic E-state index is 0.0174. The van der Waals surface area contributed by atoms with Crippen LogP contribution in [0.5, 0.6) is 0 Å². The van der Waals surface area contributed by atoms with Crippen LogP contribution in [0.2, 0.25) is 0 Å². The number of H-pyrrole nitrogens is 2. The maximum Gasteiger partial charge on any atom is 0.209 e. The molecule has 12 heteroatoms. The van der Waals surface area contributed by atoms with Crippen LogP contribution in [0.1, 0.15) is 36.8 Å². The summed E-state index contributed by atoms with van der Waals surface area (Å²) < 4.78 is 40.2. The van der Waals surface area contributed by atoms with Crippen molar-refractivity contribution in [2.24, 2.45) is 5.92 Å². The smallest absolute Gasteiger partial charge is 0.209 e. The molecule has 6 aromatic rings. The number of hydrogen-bond donors (Lipinski definition) is 4. The molecule has 5 aromatic heterocycles. The molecule has 1 aliphatic rings. The first-order valence-corrected chi connectivity index (χ1v) is 16.9. The molecule has 0 bridgehead atoms. The molecule has 230 valence electrons. The molecule has 1 aromatic carbocycles. The van der Waals surface area contributed by atoms with Crippen LogP contribution in [0, 0.1) is 11.7 Å². The molecule has 1 aliphatic carbocycles. The second-order valence-corrected chi connectivity index (χ2v) is 13.7. The molecule has 0 atom stereocenters. The minimum Gasteiger partial charge on any atom is -0.352 e. The third-order valence-corrected chi connectivity index (χ3v) is 9.05. The molecule has 10 nitrogen and oxygen atoms in total. The van der Waals surface area contributed by atoms with Crippen LogP contribution in [0.3, 0.4) is 0 Å². The average Bonchev–Trinajstić information content (AvgIpc) is 3.79. The van der Waals surface area contributed by atoms with E-state index in [4.69, 9.17) is 0 Å². The van der Waals surface area contributed by atoms with Gasteiger partial charge in [-0.2, -0.15) is 5.10 Å². The lowest BCUT2D eigenvalue weighted by molar-refractivity contribution is 0.489. The van der Waals surface area contributed by atoms with Crippen LogP contribution < -0.4 is 10.0 Å². The first kappa shape index (κ1) is 29.2. The first-order valence-electron chi connectivity index (χ1n) is 15.0. The Morgan fingerprint density at radius 3 is 2.53 bits per heavy atom. The summed E-state index contributed by atoms with van der Waals surface area (Å²) in [7, 11) is -3.43. The van der Waals surface area contributed by atoms with Crippen LogP contribution in [0.25, 0.3) is 55.6 Å². The zero-order valence-electron chi connectivity index (χ0n) is 24.8. The number of nitrogens with zero attached hydrogens (tertiary/aromatic N) is 4. The van der Waals surface area contributed by atoms with Crippen molar-refractivity contribution < 1.29 is 12.8 Å². The van der Waals surface area contributed by atoms with Gasteiger partial charge in [0.25, 0.3) is 0 Å². The fourth-order valence-electron chi connectivity index (χ4n) is 6.17. The molecule has 45 heavy (non-hydrogen) atoms. The summed E-state index contributed by atoms with van der Waals surface area (Å²) in [6.07, 6.45) is 15.3. The van der Waals surface area contributed by atoms with E-state index in [2.05, 4.69) is 46.2 Å². The zero-order valence-corrected chi connectivity index (χ0v) is 25.6. The Kier molecular flexibility index (Phi) is 7.86. The minimum atomic E-state index is -3.43. The third kappa shape index (κ3) is 6.48. The van der Waals surface area contributed by atoms with E-state index in [1.165, 1.54) is 37.8 Å². The fourth-order valence-corrected chi connectivity index (χ4v) is 6.60. The van der Waals surface area contributed by atoms with E-state index in [-0.39, 0.29) is 6.54 Å². The Morgan fingerprint density at radius 2 is 1.69 bits per heavy atom. The second-order valence-electron chi connectivity index (χ2n) is 11.8. The predicted octanol–water partition coefficient (Wildman–Crippen LogP) is 5.70. The van der Waals surface area contributed by atoms with Crippen LogP contribution in [-0.2, 0) is 23.1 Å². The van der Waals surface area contributed by atoms with Crippen molar-refractivity contribution in [3.8, 4) is 33.8 Å². The monoisotopic (exact) mass is 624 g/mol. The van der Waals surface area contributed by atoms with Crippen LogP contribution in [0.15, 0.2) is 67.4 Å². The molecule has 0 aliphatic heterocycles. The molecule has 7 rings (SSSR count). The predicted molar refractivity (Wildman–Crippen MR) is 173 cm³/mol. The van der Waals surface area contributed by atoms with E-state index in [0.717, 1.165) is 75.3 Å². The molecule has 0 radical (unpaired) electrons. The molecule has 0 amide bonds. The number of pyridine rings is 3. The van der Waals surface area contributed by atoms with Gasteiger partial charge in [0.2, 0.25) is 10.0 Å². The van der Waals surface area contributed by atoms with Crippen molar-refractivity contribution >= 4 is 31.8 Å². The van der Waals surface area contributed by atoms with Gasteiger partial charge in [0.1, 0.15) is 11.5 Å². The highest BCUT2D eigenvalue weighted by molar-refractivity contribution is 7.88. The number of fused-ring (bicyclic) bond motifs is 2. The zero-order chi connectivity index (χ0) is 31.0. The lowest BCUT2D eigenvalue weighted by Gasteiger charge is -2.11. The van der Waals surface area contributed by atoms with Crippen LogP contribution in [0.4, 0.5) is 4.39 Å². The van der Waals surface area contributed by atoms with E-state index in [1.807, 2.05) is 24.5 Å². The normalized spacial score (nSPS) is 14.2. The summed E-state index contributed by atoms with van der Waals surface area (Å²) in [6, 6.07) is 10.6. The molecule has 0 unspecified atom stereocenters. The van der Waals surface area contributed by atoms with Crippen molar-refractivity contribution in [2.45, 2.75) is 38.8 Å². The average molecular weight is 625 g/mol.